The van der Waals surface area contributed by atoms with Crippen molar-refractivity contribution in [2.45, 2.75) is 44.6 Å². The SMILES string of the molecule is CC(C)(CBr)NC(=O)C1CCCc2ccccc21. The third-order valence-corrected chi connectivity index (χ3v) is 4.88. The van der Waals surface area contributed by atoms with Crippen LogP contribution in [0.1, 0.15) is 43.7 Å². The van der Waals surface area contributed by atoms with E-state index < -0.39 is 0 Å². The van der Waals surface area contributed by atoms with Gasteiger partial charge < -0.3 is 5.32 Å². The van der Waals surface area contributed by atoms with Gasteiger partial charge in [-0.3, -0.25) is 4.79 Å². The first-order valence-electron chi connectivity index (χ1n) is 6.49. The van der Waals surface area contributed by atoms with Gasteiger partial charge in [0.25, 0.3) is 0 Å². The van der Waals surface area contributed by atoms with Crippen LogP contribution in [0.4, 0.5) is 0 Å². The summed E-state index contributed by atoms with van der Waals surface area (Å²) in [4.78, 5) is 12.4. The first kappa shape index (κ1) is 13.6. The third-order valence-electron chi connectivity index (χ3n) is 3.48. The van der Waals surface area contributed by atoms with Gasteiger partial charge in [0.1, 0.15) is 0 Å². The highest BCUT2D eigenvalue weighted by atomic mass is 79.9. The van der Waals surface area contributed by atoms with Crippen LogP contribution in [0.2, 0.25) is 0 Å². The third kappa shape index (κ3) is 2.94. The lowest BCUT2D eigenvalue weighted by Crippen LogP contribution is -2.47. The van der Waals surface area contributed by atoms with Crippen LogP contribution in [0, 0.1) is 0 Å². The summed E-state index contributed by atoms with van der Waals surface area (Å²) in [5.74, 6) is 0.180. The molecular formula is C15H20BrNO. The number of carbonyl (C=O) groups is 1. The van der Waals surface area contributed by atoms with Crippen molar-refractivity contribution in [2.75, 3.05) is 5.33 Å². The van der Waals surface area contributed by atoms with Gasteiger partial charge >= 0.3 is 0 Å². The molecule has 0 bridgehead atoms. The van der Waals surface area contributed by atoms with Crippen LogP contribution < -0.4 is 5.32 Å². The van der Waals surface area contributed by atoms with Crippen LogP contribution in [0.5, 0.6) is 0 Å². The quantitative estimate of drug-likeness (QED) is 0.852. The van der Waals surface area contributed by atoms with Crippen LogP contribution in [-0.2, 0) is 11.2 Å². The molecule has 1 aliphatic carbocycles. The molecule has 0 saturated heterocycles. The van der Waals surface area contributed by atoms with Crippen LogP contribution in [-0.4, -0.2) is 16.8 Å². The molecule has 1 N–H and O–H groups in total. The molecule has 0 heterocycles. The van der Waals surface area contributed by atoms with Gasteiger partial charge in [-0.1, -0.05) is 40.2 Å². The van der Waals surface area contributed by atoms with Crippen LogP contribution in [0.15, 0.2) is 24.3 Å². The van der Waals surface area contributed by atoms with E-state index in [4.69, 9.17) is 0 Å². The van der Waals surface area contributed by atoms with Crippen molar-refractivity contribution in [3.63, 3.8) is 0 Å². The summed E-state index contributed by atoms with van der Waals surface area (Å²) in [7, 11) is 0. The van der Waals surface area contributed by atoms with E-state index in [1.165, 1.54) is 11.1 Å². The Kier molecular flexibility index (Phi) is 4.10. The molecule has 2 nitrogen and oxygen atoms in total. The Morgan fingerprint density at radius 3 is 2.89 bits per heavy atom. The van der Waals surface area contributed by atoms with Crippen molar-refractivity contribution in [1.82, 2.24) is 5.32 Å². The summed E-state index contributed by atoms with van der Waals surface area (Å²) in [5, 5.41) is 3.89. The number of aryl methyl sites for hydroxylation is 1. The molecule has 1 aliphatic rings. The molecule has 0 radical (unpaired) electrons. The number of rotatable bonds is 3. The maximum Gasteiger partial charge on any atom is 0.227 e. The lowest BCUT2D eigenvalue weighted by molar-refractivity contribution is -0.124. The van der Waals surface area contributed by atoms with Crippen LogP contribution >= 0.6 is 15.9 Å². The molecule has 0 spiro atoms. The fourth-order valence-corrected chi connectivity index (χ4v) is 2.62. The Bertz CT molecular complexity index is 442. The van der Waals surface area contributed by atoms with E-state index in [0.29, 0.717) is 0 Å². The maximum absolute atomic E-state index is 12.4. The minimum Gasteiger partial charge on any atom is -0.350 e. The molecule has 18 heavy (non-hydrogen) atoms. The summed E-state index contributed by atoms with van der Waals surface area (Å²) in [5.41, 5.74) is 2.36. The number of halogens is 1. The number of amides is 1. The highest BCUT2D eigenvalue weighted by molar-refractivity contribution is 9.09. The van der Waals surface area contributed by atoms with Gasteiger partial charge in [0.15, 0.2) is 0 Å². The second-order valence-electron chi connectivity index (χ2n) is 5.65. The summed E-state index contributed by atoms with van der Waals surface area (Å²) >= 11 is 3.44. The Labute approximate surface area is 117 Å². The first-order valence-corrected chi connectivity index (χ1v) is 7.61. The molecule has 0 aliphatic heterocycles. The van der Waals surface area contributed by atoms with Crippen molar-refractivity contribution >= 4 is 21.8 Å². The molecule has 3 heteroatoms. The minimum atomic E-state index is -0.191. The molecule has 98 valence electrons. The van der Waals surface area contributed by atoms with E-state index in [9.17, 15) is 4.79 Å². The predicted molar refractivity (Wildman–Crippen MR) is 78.1 cm³/mol. The maximum atomic E-state index is 12.4. The zero-order valence-corrected chi connectivity index (χ0v) is 12.6. The largest absolute Gasteiger partial charge is 0.350 e. The molecule has 1 amide bonds. The number of nitrogens with one attached hydrogen (secondary N) is 1. The zero-order chi connectivity index (χ0) is 13.2. The molecule has 0 aromatic heterocycles. The number of alkyl halides is 1. The molecular weight excluding hydrogens is 290 g/mol. The summed E-state index contributed by atoms with van der Waals surface area (Å²) in [6, 6.07) is 8.33. The summed E-state index contributed by atoms with van der Waals surface area (Å²) in [6.45, 7) is 4.07. The smallest absolute Gasteiger partial charge is 0.227 e. The zero-order valence-electron chi connectivity index (χ0n) is 11.0. The van der Waals surface area contributed by atoms with Gasteiger partial charge in [0, 0.05) is 10.9 Å². The van der Waals surface area contributed by atoms with Crippen molar-refractivity contribution in [1.29, 1.82) is 0 Å². The highest BCUT2D eigenvalue weighted by Gasteiger charge is 2.29. The normalized spacial score (nSPS) is 19.2. The van der Waals surface area contributed by atoms with Gasteiger partial charge in [0.2, 0.25) is 5.91 Å². The Balaban J connectivity index is 2.18. The van der Waals surface area contributed by atoms with Crippen molar-refractivity contribution in [3.05, 3.63) is 35.4 Å². The van der Waals surface area contributed by atoms with Crippen molar-refractivity contribution < 1.29 is 4.79 Å². The summed E-state index contributed by atoms with van der Waals surface area (Å²) < 4.78 is 0. The van der Waals surface area contributed by atoms with E-state index in [-0.39, 0.29) is 17.4 Å². The monoisotopic (exact) mass is 309 g/mol. The van der Waals surface area contributed by atoms with E-state index in [1.807, 2.05) is 19.9 Å². The van der Waals surface area contributed by atoms with Crippen LogP contribution in [0.25, 0.3) is 0 Å². The van der Waals surface area contributed by atoms with E-state index in [2.05, 4.69) is 39.4 Å². The van der Waals surface area contributed by atoms with Gasteiger partial charge in [-0.25, -0.2) is 0 Å². The lowest BCUT2D eigenvalue weighted by atomic mass is 9.82. The topological polar surface area (TPSA) is 29.1 Å². The fourth-order valence-electron chi connectivity index (χ4n) is 2.48. The van der Waals surface area contributed by atoms with Gasteiger partial charge in [-0.2, -0.15) is 0 Å². The Morgan fingerprint density at radius 2 is 2.17 bits per heavy atom. The first-order chi connectivity index (χ1) is 8.53. The number of benzene rings is 1. The van der Waals surface area contributed by atoms with Gasteiger partial charge in [0.05, 0.1) is 5.92 Å². The lowest BCUT2D eigenvalue weighted by Gasteiger charge is -2.30. The number of fused-ring (bicyclic) bond motifs is 1. The second kappa shape index (κ2) is 5.43. The van der Waals surface area contributed by atoms with Crippen molar-refractivity contribution in [3.8, 4) is 0 Å². The number of hydrogen-bond donors (Lipinski definition) is 1. The summed E-state index contributed by atoms with van der Waals surface area (Å²) in [6.07, 6.45) is 3.16. The average molecular weight is 310 g/mol. The standard InChI is InChI=1S/C15H20BrNO/c1-15(2,10-16)17-14(18)13-9-5-7-11-6-3-4-8-12(11)13/h3-4,6,8,13H,5,7,9-10H2,1-2H3,(H,17,18). The number of carbonyl (C=O) groups excluding carboxylic acids is 1. The predicted octanol–water partition coefficient (Wildman–Crippen LogP) is 3.40. The van der Waals surface area contributed by atoms with E-state index in [0.717, 1.165) is 24.6 Å². The Hall–Kier alpha value is -0.830. The molecule has 1 atom stereocenters. The number of hydrogen-bond acceptors (Lipinski definition) is 1. The molecule has 0 saturated carbocycles. The second-order valence-corrected chi connectivity index (χ2v) is 6.21. The van der Waals surface area contributed by atoms with Gasteiger partial charge in [-0.15, -0.1) is 0 Å². The average Bonchev–Trinajstić information content (AvgIpc) is 2.37. The molecule has 1 aromatic rings. The molecule has 2 rings (SSSR count). The van der Waals surface area contributed by atoms with Gasteiger partial charge in [-0.05, 0) is 44.2 Å². The molecule has 0 fully saturated rings. The molecule has 1 unspecified atom stereocenters. The van der Waals surface area contributed by atoms with Crippen LogP contribution in [0.3, 0.4) is 0 Å². The van der Waals surface area contributed by atoms with Crippen molar-refractivity contribution in [2.24, 2.45) is 0 Å². The Morgan fingerprint density at radius 1 is 1.44 bits per heavy atom. The van der Waals surface area contributed by atoms with E-state index >= 15 is 0 Å². The molecule has 1 aromatic carbocycles. The fraction of sp³-hybridized carbons (Fsp3) is 0.533. The van der Waals surface area contributed by atoms with E-state index in [1.54, 1.807) is 0 Å². The minimum absolute atomic E-state index is 0.0216. The highest BCUT2D eigenvalue weighted by Crippen LogP contribution is 2.32.